The van der Waals surface area contributed by atoms with E-state index in [1.165, 1.54) is 35.1 Å². The Morgan fingerprint density at radius 2 is 1.91 bits per heavy atom. The van der Waals surface area contributed by atoms with Gasteiger partial charge in [-0.15, -0.1) is 0 Å². The van der Waals surface area contributed by atoms with Crippen molar-refractivity contribution in [2.45, 2.75) is 13.8 Å². The summed E-state index contributed by atoms with van der Waals surface area (Å²) in [6.45, 7) is 3.75. The first kappa shape index (κ1) is 21.9. The maximum Gasteiger partial charge on any atom is 0.343 e. The summed E-state index contributed by atoms with van der Waals surface area (Å²) in [6.07, 6.45) is 1.31. The number of aryl methyl sites for hydroxylation is 1. The molecule has 2 aromatic heterocycles. The number of amides is 1. The number of ether oxygens (including phenoxy) is 2. The third-order valence-corrected chi connectivity index (χ3v) is 5.04. The van der Waals surface area contributed by atoms with E-state index in [1.54, 1.807) is 26.2 Å². The summed E-state index contributed by atoms with van der Waals surface area (Å²) in [5.74, 6) is -0.621. The van der Waals surface area contributed by atoms with Crippen molar-refractivity contribution in [1.29, 1.82) is 0 Å². The monoisotopic (exact) mass is 448 g/mol. The van der Waals surface area contributed by atoms with Crippen molar-refractivity contribution in [1.82, 2.24) is 14.8 Å². The minimum Gasteiger partial charge on any atom is -0.494 e. The molecule has 0 radical (unpaired) electrons. The van der Waals surface area contributed by atoms with E-state index in [0.29, 0.717) is 17.1 Å². The fourth-order valence-electron chi connectivity index (χ4n) is 3.43. The molecule has 4 aromatic rings. The second-order valence-corrected chi connectivity index (χ2v) is 7.15. The molecule has 0 aliphatic heterocycles. The standard InChI is InChI=1S/C24H21FN4O4/c1-4-33-24(31)18-13-26-29(22(18)28-23(30)15-8-10-16(25)11-9-15)20-12-14(2)17-6-5-7-19(32-3)21(17)27-20/h5-13H,4H2,1-3H3,(H,28,30). The van der Waals surface area contributed by atoms with E-state index in [1.807, 2.05) is 19.1 Å². The van der Waals surface area contributed by atoms with Crippen LogP contribution < -0.4 is 10.1 Å². The van der Waals surface area contributed by atoms with Gasteiger partial charge in [0.2, 0.25) is 0 Å². The molecule has 0 saturated carbocycles. The normalized spacial score (nSPS) is 10.8. The average molecular weight is 448 g/mol. The largest absolute Gasteiger partial charge is 0.494 e. The summed E-state index contributed by atoms with van der Waals surface area (Å²) in [6, 6.07) is 12.4. The topological polar surface area (TPSA) is 95.3 Å². The van der Waals surface area contributed by atoms with Gasteiger partial charge in [-0.2, -0.15) is 9.78 Å². The minimum atomic E-state index is -0.645. The van der Waals surface area contributed by atoms with E-state index in [4.69, 9.17) is 9.47 Å². The first-order valence-corrected chi connectivity index (χ1v) is 10.2. The summed E-state index contributed by atoms with van der Waals surface area (Å²) in [7, 11) is 1.56. The first-order valence-electron chi connectivity index (χ1n) is 10.2. The van der Waals surface area contributed by atoms with Crippen molar-refractivity contribution in [3.8, 4) is 11.6 Å². The van der Waals surface area contributed by atoms with Crippen molar-refractivity contribution < 1.29 is 23.5 Å². The molecule has 2 heterocycles. The maximum absolute atomic E-state index is 13.3. The van der Waals surface area contributed by atoms with Crippen LogP contribution in [0.15, 0.2) is 54.7 Å². The third-order valence-electron chi connectivity index (χ3n) is 5.04. The molecule has 168 valence electrons. The zero-order valence-corrected chi connectivity index (χ0v) is 18.3. The van der Waals surface area contributed by atoms with E-state index in [0.717, 1.165) is 10.9 Å². The summed E-state index contributed by atoms with van der Waals surface area (Å²) in [5, 5.41) is 7.88. The van der Waals surface area contributed by atoms with Crippen LogP contribution in [0.1, 0.15) is 33.2 Å². The van der Waals surface area contributed by atoms with E-state index in [2.05, 4.69) is 15.4 Å². The van der Waals surface area contributed by atoms with Gasteiger partial charge in [-0.1, -0.05) is 12.1 Å². The summed E-state index contributed by atoms with van der Waals surface area (Å²) in [5.41, 5.74) is 1.78. The van der Waals surface area contributed by atoms with E-state index < -0.39 is 17.7 Å². The fourth-order valence-corrected chi connectivity index (χ4v) is 3.43. The van der Waals surface area contributed by atoms with Crippen LogP contribution in [0.25, 0.3) is 16.7 Å². The van der Waals surface area contributed by atoms with Crippen LogP contribution in [0.3, 0.4) is 0 Å². The number of nitrogens with zero attached hydrogens (tertiary/aromatic N) is 3. The lowest BCUT2D eigenvalue weighted by molar-refractivity contribution is 0.0527. The van der Waals surface area contributed by atoms with Gasteiger partial charge in [0.15, 0.2) is 11.6 Å². The Morgan fingerprint density at radius 3 is 2.61 bits per heavy atom. The van der Waals surface area contributed by atoms with Crippen LogP contribution in [-0.4, -0.2) is 40.4 Å². The molecule has 4 rings (SSSR count). The van der Waals surface area contributed by atoms with Crippen molar-refractivity contribution in [3.63, 3.8) is 0 Å². The van der Waals surface area contributed by atoms with Crippen LogP contribution in [0.5, 0.6) is 5.75 Å². The highest BCUT2D eigenvalue weighted by molar-refractivity contribution is 6.07. The summed E-state index contributed by atoms with van der Waals surface area (Å²) < 4.78 is 25.2. The van der Waals surface area contributed by atoms with Crippen LogP contribution in [0.4, 0.5) is 10.2 Å². The molecule has 0 spiro atoms. The molecule has 0 atom stereocenters. The molecule has 1 N–H and O–H groups in total. The Labute approximate surface area is 189 Å². The fraction of sp³-hybridized carbons (Fsp3) is 0.167. The Bertz CT molecular complexity index is 1350. The molecular formula is C24H21FN4O4. The lowest BCUT2D eigenvalue weighted by Crippen LogP contribution is -2.18. The number of anilines is 1. The second-order valence-electron chi connectivity index (χ2n) is 7.15. The number of para-hydroxylation sites is 1. The van der Waals surface area contributed by atoms with Gasteiger partial charge in [0.1, 0.15) is 22.6 Å². The number of hydrogen-bond acceptors (Lipinski definition) is 6. The molecule has 33 heavy (non-hydrogen) atoms. The number of hydrogen-bond donors (Lipinski definition) is 1. The molecule has 0 bridgehead atoms. The van der Waals surface area contributed by atoms with E-state index in [-0.39, 0.29) is 23.6 Å². The van der Waals surface area contributed by atoms with Gasteiger partial charge in [0, 0.05) is 10.9 Å². The molecule has 0 fully saturated rings. The number of nitrogens with one attached hydrogen (secondary N) is 1. The van der Waals surface area contributed by atoms with Crippen molar-refractivity contribution >= 4 is 28.6 Å². The number of benzene rings is 2. The number of pyridine rings is 1. The second kappa shape index (κ2) is 9.07. The number of methoxy groups -OCH3 is 1. The zero-order chi connectivity index (χ0) is 23.5. The van der Waals surface area contributed by atoms with Gasteiger partial charge in [0.05, 0.1) is 19.9 Å². The number of carbonyl (C=O) groups is 2. The molecule has 0 aliphatic rings. The number of halogens is 1. The minimum absolute atomic E-state index is 0.0619. The third kappa shape index (κ3) is 4.25. The Balaban J connectivity index is 1.84. The molecule has 0 saturated heterocycles. The Morgan fingerprint density at radius 1 is 1.15 bits per heavy atom. The van der Waals surface area contributed by atoms with Crippen molar-refractivity contribution in [2.24, 2.45) is 0 Å². The highest BCUT2D eigenvalue weighted by atomic mass is 19.1. The van der Waals surface area contributed by atoms with Gasteiger partial charge < -0.3 is 14.8 Å². The van der Waals surface area contributed by atoms with Crippen LogP contribution in [-0.2, 0) is 4.74 Å². The average Bonchev–Trinajstić information content (AvgIpc) is 3.22. The molecular weight excluding hydrogens is 427 g/mol. The van der Waals surface area contributed by atoms with Gasteiger partial charge in [-0.3, -0.25) is 4.79 Å². The predicted octanol–water partition coefficient (Wildman–Crippen LogP) is 4.31. The van der Waals surface area contributed by atoms with Crippen molar-refractivity contribution in [3.05, 3.63) is 77.2 Å². The molecule has 9 heteroatoms. The molecule has 2 aromatic carbocycles. The number of esters is 1. The Kier molecular flexibility index (Phi) is 6.03. The highest BCUT2D eigenvalue weighted by Gasteiger charge is 2.23. The smallest absolute Gasteiger partial charge is 0.343 e. The van der Waals surface area contributed by atoms with Crippen LogP contribution in [0, 0.1) is 12.7 Å². The maximum atomic E-state index is 13.3. The summed E-state index contributed by atoms with van der Waals surface area (Å²) in [4.78, 5) is 30.1. The van der Waals surface area contributed by atoms with E-state index in [9.17, 15) is 14.0 Å². The predicted molar refractivity (Wildman–Crippen MR) is 120 cm³/mol. The van der Waals surface area contributed by atoms with Gasteiger partial charge in [-0.25, -0.2) is 14.2 Å². The van der Waals surface area contributed by atoms with Gasteiger partial charge in [0.25, 0.3) is 5.91 Å². The van der Waals surface area contributed by atoms with E-state index >= 15 is 0 Å². The quantitative estimate of drug-likeness (QED) is 0.442. The highest BCUT2D eigenvalue weighted by Crippen LogP contribution is 2.29. The molecule has 0 aliphatic carbocycles. The zero-order valence-electron chi connectivity index (χ0n) is 18.3. The van der Waals surface area contributed by atoms with Gasteiger partial charge in [-0.05, 0) is 55.8 Å². The number of aromatic nitrogens is 3. The first-order chi connectivity index (χ1) is 15.9. The number of fused-ring (bicyclic) bond motifs is 1. The SMILES string of the molecule is CCOC(=O)c1cnn(-c2cc(C)c3cccc(OC)c3n2)c1NC(=O)c1ccc(F)cc1. The molecule has 0 unspecified atom stereocenters. The molecule has 8 nitrogen and oxygen atoms in total. The lowest BCUT2D eigenvalue weighted by atomic mass is 10.1. The molecule has 1 amide bonds. The van der Waals surface area contributed by atoms with Crippen LogP contribution >= 0.6 is 0 Å². The number of carbonyl (C=O) groups excluding carboxylic acids is 2. The van der Waals surface area contributed by atoms with Crippen molar-refractivity contribution in [2.75, 3.05) is 19.0 Å². The Hall–Kier alpha value is -4.27. The number of rotatable bonds is 6. The lowest BCUT2D eigenvalue weighted by Gasteiger charge is -2.13. The van der Waals surface area contributed by atoms with Gasteiger partial charge >= 0.3 is 5.97 Å². The summed E-state index contributed by atoms with van der Waals surface area (Å²) >= 11 is 0. The van der Waals surface area contributed by atoms with Crippen LogP contribution in [0.2, 0.25) is 0 Å².